The summed E-state index contributed by atoms with van der Waals surface area (Å²) in [4.78, 5) is 11.3. The fraction of sp³-hybridized carbons (Fsp3) is 0.133. The number of rotatable bonds is 4. The Balaban J connectivity index is 2.38. The highest BCUT2D eigenvalue weighted by molar-refractivity contribution is 6.31. The van der Waals surface area contributed by atoms with Gasteiger partial charge in [0.15, 0.2) is 0 Å². The normalized spacial score (nSPS) is 12.2. The van der Waals surface area contributed by atoms with Gasteiger partial charge >= 0.3 is 5.97 Å². The zero-order valence-corrected chi connectivity index (χ0v) is 11.1. The first-order valence-corrected chi connectivity index (χ1v) is 6.28. The molecule has 20 heavy (non-hydrogen) atoms. The van der Waals surface area contributed by atoms with Crippen LogP contribution in [-0.2, 0) is 11.2 Å². The molecule has 104 valence electrons. The van der Waals surface area contributed by atoms with Crippen molar-refractivity contribution in [1.82, 2.24) is 0 Å². The highest BCUT2D eigenvalue weighted by atomic mass is 35.5. The summed E-state index contributed by atoms with van der Waals surface area (Å²) in [6, 6.07) is 9.34. The van der Waals surface area contributed by atoms with Crippen molar-refractivity contribution in [3.8, 4) is 0 Å². The van der Waals surface area contributed by atoms with Crippen LogP contribution in [0.25, 0.3) is 0 Å². The molecule has 0 fully saturated rings. The molecule has 2 aromatic carbocycles. The predicted molar refractivity (Wildman–Crippen MR) is 71.9 cm³/mol. The van der Waals surface area contributed by atoms with E-state index in [1.54, 1.807) is 6.07 Å². The van der Waals surface area contributed by atoms with Crippen molar-refractivity contribution in [2.24, 2.45) is 0 Å². The number of hydrogen-bond donors (Lipinski definition) is 1. The van der Waals surface area contributed by atoms with Crippen molar-refractivity contribution in [1.29, 1.82) is 0 Å². The van der Waals surface area contributed by atoms with Gasteiger partial charge < -0.3 is 5.11 Å². The number of carboxylic acid groups (broad SMARTS) is 1. The van der Waals surface area contributed by atoms with Crippen molar-refractivity contribution in [3.05, 3.63) is 70.2 Å². The lowest BCUT2D eigenvalue weighted by Gasteiger charge is -2.14. The summed E-state index contributed by atoms with van der Waals surface area (Å²) in [5, 5.41) is 9.53. The van der Waals surface area contributed by atoms with Gasteiger partial charge in [-0.1, -0.05) is 29.8 Å². The van der Waals surface area contributed by atoms with Crippen LogP contribution >= 0.6 is 11.6 Å². The Kier molecular flexibility index (Phi) is 4.35. The lowest BCUT2D eigenvalue weighted by Crippen LogP contribution is -2.16. The van der Waals surface area contributed by atoms with Gasteiger partial charge in [-0.15, -0.1) is 0 Å². The highest BCUT2D eigenvalue weighted by Crippen LogP contribution is 2.27. The Morgan fingerprint density at radius 1 is 1.20 bits per heavy atom. The third kappa shape index (κ3) is 3.14. The molecule has 2 rings (SSSR count). The minimum absolute atomic E-state index is 0.0559. The molecule has 0 aromatic heterocycles. The molecule has 2 aromatic rings. The van der Waals surface area contributed by atoms with E-state index >= 15 is 0 Å². The SMILES string of the molecule is O=C(O)C(Cc1cc(F)ccc1Cl)c1ccccc1F. The van der Waals surface area contributed by atoms with Crippen LogP contribution in [0.1, 0.15) is 17.0 Å². The molecule has 0 heterocycles. The van der Waals surface area contributed by atoms with Crippen LogP contribution in [0.3, 0.4) is 0 Å². The van der Waals surface area contributed by atoms with Gasteiger partial charge in [0.1, 0.15) is 11.6 Å². The molecule has 0 radical (unpaired) electrons. The molecule has 1 N–H and O–H groups in total. The summed E-state index contributed by atoms with van der Waals surface area (Å²) in [6.45, 7) is 0. The zero-order valence-electron chi connectivity index (χ0n) is 10.3. The first-order chi connectivity index (χ1) is 9.49. The average molecular weight is 297 g/mol. The Labute approximate surface area is 119 Å². The molecule has 1 unspecified atom stereocenters. The standard InChI is InChI=1S/C15H11ClF2O2/c16-13-6-5-10(17)7-9(13)8-12(15(19)20)11-3-1-2-4-14(11)18/h1-7,12H,8H2,(H,19,20). The zero-order chi connectivity index (χ0) is 14.7. The van der Waals surface area contributed by atoms with Crippen LogP contribution in [0, 0.1) is 11.6 Å². The van der Waals surface area contributed by atoms with Gasteiger partial charge in [-0.05, 0) is 36.2 Å². The van der Waals surface area contributed by atoms with Crippen molar-refractivity contribution in [3.63, 3.8) is 0 Å². The van der Waals surface area contributed by atoms with E-state index in [4.69, 9.17) is 11.6 Å². The molecule has 2 nitrogen and oxygen atoms in total. The lowest BCUT2D eigenvalue weighted by molar-refractivity contribution is -0.138. The molecule has 0 aliphatic rings. The van der Waals surface area contributed by atoms with E-state index in [0.717, 1.165) is 0 Å². The summed E-state index contributed by atoms with van der Waals surface area (Å²) < 4.78 is 26.9. The second kappa shape index (κ2) is 6.01. The fourth-order valence-corrected chi connectivity index (χ4v) is 2.20. The molecular formula is C15H11ClF2O2. The Morgan fingerprint density at radius 3 is 2.55 bits per heavy atom. The maximum atomic E-state index is 13.7. The summed E-state index contributed by atoms with van der Waals surface area (Å²) in [7, 11) is 0. The van der Waals surface area contributed by atoms with Crippen molar-refractivity contribution >= 4 is 17.6 Å². The third-order valence-corrected chi connectivity index (χ3v) is 3.38. The van der Waals surface area contributed by atoms with E-state index < -0.39 is 23.5 Å². The average Bonchev–Trinajstić information content (AvgIpc) is 2.40. The van der Waals surface area contributed by atoms with Gasteiger partial charge in [-0.25, -0.2) is 8.78 Å². The van der Waals surface area contributed by atoms with Gasteiger partial charge in [-0.3, -0.25) is 4.79 Å². The summed E-state index contributed by atoms with van der Waals surface area (Å²) in [5.74, 6) is -3.42. The molecule has 0 aliphatic heterocycles. The van der Waals surface area contributed by atoms with Crippen LogP contribution in [0.5, 0.6) is 0 Å². The lowest BCUT2D eigenvalue weighted by atomic mass is 9.91. The minimum Gasteiger partial charge on any atom is -0.481 e. The topological polar surface area (TPSA) is 37.3 Å². The number of carbonyl (C=O) groups is 1. The monoisotopic (exact) mass is 296 g/mol. The molecule has 0 bridgehead atoms. The van der Waals surface area contributed by atoms with Crippen molar-refractivity contribution in [2.75, 3.05) is 0 Å². The molecular weight excluding hydrogens is 286 g/mol. The minimum atomic E-state index is -1.18. The summed E-state index contributed by atoms with van der Waals surface area (Å²) in [6.07, 6.45) is -0.0765. The van der Waals surface area contributed by atoms with Crippen LogP contribution in [0.2, 0.25) is 5.02 Å². The van der Waals surface area contributed by atoms with Crippen LogP contribution < -0.4 is 0 Å². The fourth-order valence-electron chi connectivity index (χ4n) is 2.01. The molecule has 0 saturated carbocycles. The predicted octanol–water partition coefficient (Wildman–Crippen LogP) is 4.03. The van der Waals surface area contributed by atoms with Gasteiger partial charge in [0, 0.05) is 10.6 Å². The highest BCUT2D eigenvalue weighted by Gasteiger charge is 2.24. The van der Waals surface area contributed by atoms with Crippen molar-refractivity contribution in [2.45, 2.75) is 12.3 Å². The first-order valence-electron chi connectivity index (χ1n) is 5.90. The second-order valence-corrected chi connectivity index (χ2v) is 4.76. The molecule has 0 amide bonds. The Morgan fingerprint density at radius 2 is 1.90 bits per heavy atom. The van der Waals surface area contributed by atoms with E-state index in [2.05, 4.69) is 0 Å². The second-order valence-electron chi connectivity index (χ2n) is 4.35. The van der Waals surface area contributed by atoms with Gasteiger partial charge in [0.2, 0.25) is 0 Å². The Bertz CT molecular complexity index is 644. The van der Waals surface area contributed by atoms with Crippen LogP contribution in [0.4, 0.5) is 8.78 Å². The van der Waals surface area contributed by atoms with Gasteiger partial charge in [0.05, 0.1) is 5.92 Å². The van der Waals surface area contributed by atoms with Crippen LogP contribution in [-0.4, -0.2) is 11.1 Å². The van der Waals surface area contributed by atoms with E-state index in [1.165, 1.54) is 36.4 Å². The number of benzene rings is 2. The molecule has 0 aliphatic carbocycles. The summed E-state index contributed by atoms with van der Waals surface area (Å²) >= 11 is 5.92. The van der Waals surface area contributed by atoms with E-state index in [-0.39, 0.29) is 17.0 Å². The van der Waals surface area contributed by atoms with E-state index in [1.807, 2.05) is 0 Å². The molecule has 0 spiro atoms. The quantitative estimate of drug-likeness (QED) is 0.925. The number of aliphatic carboxylic acids is 1. The van der Waals surface area contributed by atoms with E-state index in [9.17, 15) is 18.7 Å². The molecule has 5 heteroatoms. The van der Waals surface area contributed by atoms with Gasteiger partial charge in [-0.2, -0.15) is 0 Å². The third-order valence-electron chi connectivity index (χ3n) is 3.01. The van der Waals surface area contributed by atoms with Crippen molar-refractivity contribution < 1.29 is 18.7 Å². The molecule has 1 atom stereocenters. The smallest absolute Gasteiger partial charge is 0.311 e. The van der Waals surface area contributed by atoms with Crippen LogP contribution in [0.15, 0.2) is 42.5 Å². The maximum absolute atomic E-state index is 13.7. The number of halogens is 3. The van der Waals surface area contributed by atoms with Gasteiger partial charge in [0.25, 0.3) is 0 Å². The largest absolute Gasteiger partial charge is 0.481 e. The first kappa shape index (κ1) is 14.5. The maximum Gasteiger partial charge on any atom is 0.311 e. The number of hydrogen-bond acceptors (Lipinski definition) is 1. The Hall–Kier alpha value is -1.94. The summed E-state index contributed by atoms with van der Waals surface area (Å²) in [5.41, 5.74) is 0.391. The molecule has 0 saturated heterocycles. The van der Waals surface area contributed by atoms with E-state index in [0.29, 0.717) is 5.56 Å². The number of carboxylic acids is 1.